The lowest BCUT2D eigenvalue weighted by molar-refractivity contribution is -0.138. The molecule has 6 aliphatic rings. The number of hydrogen-bond donors (Lipinski definition) is 4. The number of esters is 1. The molecular formula is C59H80N6O11S2. The van der Waals surface area contributed by atoms with Crippen LogP contribution in [0.2, 0.25) is 0 Å². The molecule has 8 heterocycles. The Morgan fingerprint density at radius 1 is 0.731 bits per heavy atom. The zero-order valence-electron chi connectivity index (χ0n) is 46.1. The van der Waals surface area contributed by atoms with Gasteiger partial charge in [-0.05, 0) is 173 Å². The van der Waals surface area contributed by atoms with Crippen molar-refractivity contribution < 1.29 is 54.0 Å². The average molecular weight is 1110 g/mol. The number of aliphatic hydroxyl groups excluding tert-OH is 3. The number of Topliss-reactive ketones (excluding diaryl/α,β-unsaturated/α-hetero) is 1. The third-order valence-corrected chi connectivity index (χ3v) is 17.0. The second-order valence-corrected chi connectivity index (χ2v) is 22.3. The van der Waals surface area contributed by atoms with Crippen LogP contribution in [-0.4, -0.2) is 158 Å². The van der Waals surface area contributed by atoms with Crippen molar-refractivity contribution in [3.05, 3.63) is 110 Å². The number of carbonyl (C=O) groups is 3. The fraction of sp³-hybridized carbons (Fsp3) is 0.508. The second kappa shape index (κ2) is 32.4. The minimum Gasteiger partial charge on any atom is -0.497 e. The summed E-state index contributed by atoms with van der Waals surface area (Å²) in [5, 5.41) is 47.6. The first-order valence-corrected chi connectivity index (χ1v) is 28.9. The number of pyridine rings is 2. The van der Waals surface area contributed by atoms with Gasteiger partial charge in [0.1, 0.15) is 23.8 Å². The van der Waals surface area contributed by atoms with Crippen LogP contribution in [-0.2, 0) is 24.0 Å². The number of rotatable bonds is 22. The number of methoxy groups -OCH3 is 2. The zero-order valence-corrected chi connectivity index (χ0v) is 47.8. The van der Waals surface area contributed by atoms with E-state index in [1.807, 2.05) is 72.1 Å². The summed E-state index contributed by atoms with van der Waals surface area (Å²) in [6.45, 7) is 21.5. The number of thioether (sulfide) groups is 2. The van der Waals surface area contributed by atoms with Gasteiger partial charge in [0.05, 0.1) is 49.8 Å². The monoisotopic (exact) mass is 1110 g/mol. The summed E-state index contributed by atoms with van der Waals surface area (Å²) in [5.74, 6) is 7.04. The molecule has 2 aromatic heterocycles. The molecule has 0 amide bonds. The Morgan fingerprint density at radius 2 is 1.22 bits per heavy atom. The van der Waals surface area contributed by atoms with E-state index < -0.39 is 18.2 Å². The molecule has 0 saturated carbocycles. The minimum atomic E-state index is -0.564. The molecule has 0 aliphatic carbocycles. The Labute approximate surface area is 468 Å². The van der Waals surface area contributed by atoms with Gasteiger partial charge in [-0.1, -0.05) is 30.0 Å². The number of allylic oxidation sites excluding steroid dienone is 1. The van der Waals surface area contributed by atoms with Crippen molar-refractivity contribution in [2.75, 3.05) is 76.6 Å². The van der Waals surface area contributed by atoms with E-state index in [2.05, 4.69) is 54.7 Å². The molecule has 10 atom stereocenters. The van der Waals surface area contributed by atoms with Gasteiger partial charge in [-0.15, -0.1) is 0 Å². The van der Waals surface area contributed by atoms with E-state index in [1.54, 1.807) is 40.5 Å². The molecule has 10 unspecified atom stereocenters. The maximum Gasteiger partial charge on any atom is 0.358 e. The Balaban J connectivity index is 0.000000221. The number of nitrogens with zero attached hydrogens (tertiary/aromatic N) is 6. The average Bonchev–Trinajstić information content (AvgIpc) is 3.48. The molecule has 2 aromatic carbocycles. The summed E-state index contributed by atoms with van der Waals surface area (Å²) in [7, 11) is 3.32. The number of oxime groups is 2. The van der Waals surface area contributed by atoms with Crippen LogP contribution < -0.4 is 9.47 Å². The number of ketones is 1. The molecule has 424 valence electrons. The van der Waals surface area contributed by atoms with Gasteiger partial charge in [0.15, 0.2) is 5.78 Å². The number of carbonyl (C=O) groups excluding carboxylic acids is 3. The van der Waals surface area contributed by atoms with Crippen LogP contribution in [0.1, 0.15) is 89.6 Å². The van der Waals surface area contributed by atoms with Crippen LogP contribution >= 0.6 is 23.5 Å². The third-order valence-electron chi connectivity index (χ3n) is 15.1. The fourth-order valence-corrected chi connectivity index (χ4v) is 12.1. The molecule has 6 saturated heterocycles. The molecule has 19 heteroatoms. The highest BCUT2D eigenvalue weighted by atomic mass is 32.2. The maximum atomic E-state index is 11.4. The standard InChI is InChI=1S/C25H32N2O4S.C22H30N2O3S.C8H11NO2.C4H7NO2/c1-3-24(28)31-11-13-32-12-8-18-16-27-10-7-17(18)14-23(27)25(29)20-6-9-26-22-5-4-19(30-2)15-21(20)22;1-27-17-2-3-20-19(13-17)18(4-7-23-20)22(26)21-12-15-5-8-24(21)14-16(15)6-10-28-11-9-25;1-5-8(10)11-9-7(4)6(2)3;1-3(5-7)4(2)6/h3-6,9,15,17-18,23,25,29H,1,7-8,10-14,16H2,2H3;2-4,7,13,15-16,21-22,25-26H,5-6,8-12,14H2,1H3;5H,1-2H2,3-4H3;7H,1-2H3/b;;9-7-;5-3-. The van der Waals surface area contributed by atoms with Crippen molar-refractivity contribution in [3.8, 4) is 11.5 Å². The first-order chi connectivity index (χ1) is 37.6. The lowest BCUT2D eigenvalue weighted by Crippen LogP contribution is -2.55. The molecule has 4 N–H and O–H groups in total. The number of fused-ring (bicyclic) bond motifs is 8. The molecule has 4 aromatic rings. The fourth-order valence-electron chi connectivity index (χ4n) is 10.4. The molecule has 6 fully saturated rings. The summed E-state index contributed by atoms with van der Waals surface area (Å²) in [6, 6.07) is 15.9. The largest absolute Gasteiger partial charge is 0.497 e. The summed E-state index contributed by atoms with van der Waals surface area (Å²) >= 11 is 3.68. The smallest absolute Gasteiger partial charge is 0.358 e. The van der Waals surface area contributed by atoms with Crippen molar-refractivity contribution >= 4 is 74.5 Å². The number of aromatic nitrogens is 2. The Hall–Kier alpha value is -5.67. The van der Waals surface area contributed by atoms with E-state index in [0.29, 0.717) is 30.1 Å². The molecule has 78 heavy (non-hydrogen) atoms. The van der Waals surface area contributed by atoms with E-state index >= 15 is 0 Å². The zero-order chi connectivity index (χ0) is 56.7. The second-order valence-electron chi connectivity index (χ2n) is 19.9. The van der Waals surface area contributed by atoms with Crippen LogP contribution in [0, 0.1) is 23.7 Å². The van der Waals surface area contributed by atoms with Gasteiger partial charge in [0.2, 0.25) is 0 Å². The van der Waals surface area contributed by atoms with Crippen LogP contribution in [0.4, 0.5) is 0 Å². The summed E-state index contributed by atoms with van der Waals surface area (Å²) in [6.07, 6.45) is 11.7. The number of benzene rings is 2. The van der Waals surface area contributed by atoms with Crippen LogP contribution in [0.3, 0.4) is 0 Å². The van der Waals surface area contributed by atoms with Crippen molar-refractivity contribution in [3.63, 3.8) is 0 Å². The Morgan fingerprint density at radius 3 is 1.60 bits per heavy atom. The number of hydrogen-bond acceptors (Lipinski definition) is 19. The molecule has 17 nitrogen and oxygen atoms in total. The quantitative estimate of drug-likeness (QED) is 0.0109. The highest BCUT2D eigenvalue weighted by Crippen LogP contribution is 2.45. The topological polar surface area (TPSA) is 226 Å². The van der Waals surface area contributed by atoms with Gasteiger partial charge in [-0.25, -0.2) is 9.59 Å². The normalized spacial score (nSPS) is 22.9. The van der Waals surface area contributed by atoms with Crippen molar-refractivity contribution in [2.45, 2.75) is 90.5 Å². The minimum absolute atomic E-state index is 0.139. The molecule has 0 spiro atoms. The maximum absolute atomic E-state index is 11.4. The SMILES string of the molecule is C=CC(=O)O/N=C(/C)C(=C)C.C=CC(=O)OCCSCCC1CN2CCC1CC2C(O)c1ccnc2ccc(OC)cc12.CC(=O)/C(C)=N\O.COc1ccc2nccc(C(O)C3CC4CCN3CC4CCSCCO)c2c1. The molecule has 6 aliphatic heterocycles. The first-order valence-electron chi connectivity index (χ1n) is 26.6. The Bertz CT molecular complexity index is 2710. The molecule has 4 bridgehead atoms. The summed E-state index contributed by atoms with van der Waals surface area (Å²) in [4.78, 5) is 49.9. The van der Waals surface area contributed by atoms with E-state index in [0.717, 1.165) is 124 Å². The predicted octanol–water partition coefficient (Wildman–Crippen LogP) is 9.04. The molecule has 10 rings (SSSR count). The van der Waals surface area contributed by atoms with Gasteiger partial charge >= 0.3 is 11.9 Å². The first kappa shape index (κ1) is 63.2. The van der Waals surface area contributed by atoms with E-state index in [4.69, 9.17) is 24.5 Å². The highest BCUT2D eigenvalue weighted by molar-refractivity contribution is 7.99. The van der Waals surface area contributed by atoms with Gasteiger partial charge in [0.25, 0.3) is 0 Å². The molecule has 0 radical (unpaired) electrons. The van der Waals surface area contributed by atoms with Crippen LogP contribution in [0.25, 0.3) is 21.8 Å². The number of piperidine rings is 6. The van der Waals surface area contributed by atoms with E-state index in [1.165, 1.54) is 45.6 Å². The van der Waals surface area contributed by atoms with E-state index in [9.17, 15) is 24.6 Å². The van der Waals surface area contributed by atoms with Gasteiger partial charge < -0.3 is 39.6 Å². The lowest BCUT2D eigenvalue weighted by Gasteiger charge is -2.51. The number of ether oxygens (including phenoxy) is 3. The van der Waals surface area contributed by atoms with Crippen molar-refractivity contribution in [1.29, 1.82) is 0 Å². The molecular weight excluding hydrogens is 1030 g/mol. The third kappa shape index (κ3) is 18.2. The van der Waals surface area contributed by atoms with Crippen LogP contribution in [0.15, 0.2) is 109 Å². The number of aliphatic hydroxyl groups is 3. The van der Waals surface area contributed by atoms with Gasteiger partial charge in [-0.2, -0.15) is 23.5 Å². The van der Waals surface area contributed by atoms with Gasteiger partial charge in [0, 0.05) is 78.9 Å². The predicted molar refractivity (Wildman–Crippen MR) is 312 cm³/mol. The van der Waals surface area contributed by atoms with Crippen LogP contribution in [0.5, 0.6) is 11.5 Å². The van der Waals surface area contributed by atoms with Gasteiger partial charge in [-0.3, -0.25) is 24.6 Å². The summed E-state index contributed by atoms with van der Waals surface area (Å²) < 4.78 is 15.8. The lowest BCUT2D eigenvalue weighted by atomic mass is 9.72. The van der Waals surface area contributed by atoms with Crippen molar-refractivity contribution in [1.82, 2.24) is 19.8 Å². The van der Waals surface area contributed by atoms with Crippen molar-refractivity contribution in [2.24, 2.45) is 34.0 Å². The Kier molecular flexibility index (Phi) is 26.2. The van der Waals surface area contributed by atoms with E-state index in [-0.39, 0.29) is 36.2 Å². The summed E-state index contributed by atoms with van der Waals surface area (Å²) in [5.41, 5.74) is 5.17. The highest BCUT2D eigenvalue weighted by Gasteiger charge is 2.44.